The summed E-state index contributed by atoms with van der Waals surface area (Å²) in [6, 6.07) is 9.13. The standard InChI is InChI=1S/C21H24N4O3S2/c1-21(19(27)22-20(28)23-21)14-30-17-5-3-2-4-16(17)18(26)25-9-7-24(8-10-25)12-15-6-11-29-13-15/h2-6,11,13H,7-10,12,14H2,1H3,(H2,22,23,27,28)/t21-/m1/s1. The minimum atomic E-state index is -0.981. The molecule has 158 valence electrons. The molecule has 1 atom stereocenters. The van der Waals surface area contributed by atoms with Crippen molar-refractivity contribution >= 4 is 40.9 Å². The van der Waals surface area contributed by atoms with Crippen molar-refractivity contribution in [3.63, 3.8) is 0 Å². The third-order valence-electron chi connectivity index (χ3n) is 5.40. The first-order chi connectivity index (χ1) is 14.4. The number of thioether (sulfide) groups is 1. The molecular formula is C21H24N4O3S2. The Kier molecular flexibility index (Phi) is 6.12. The molecule has 4 rings (SSSR count). The largest absolute Gasteiger partial charge is 0.336 e. The van der Waals surface area contributed by atoms with Gasteiger partial charge in [-0.05, 0) is 41.4 Å². The molecule has 2 aliphatic heterocycles. The fourth-order valence-electron chi connectivity index (χ4n) is 3.59. The highest BCUT2D eigenvalue weighted by Crippen LogP contribution is 2.28. The van der Waals surface area contributed by atoms with Crippen molar-refractivity contribution in [1.29, 1.82) is 0 Å². The number of nitrogens with zero attached hydrogens (tertiary/aromatic N) is 2. The summed E-state index contributed by atoms with van der Waals surface area (Å²) in [7, 11) is 0. The Balaban J connectivity index is 1.38. The maximum atomic E-state index is 13.2. The first-order valence-electron chi connectivity index (χ1n) is 9.83. The smallest absolute Gasteiger partial charge is 0.322 e. The topological polar surface area (TPSA) is 81.8 Å². The van der Waals surface area contributed by atoms with E-state index in [1.165, 1.54) is 17.3 Å². The number of benzene rings is 1. The second-order valence-corrected chi connectivity index (χ2v) is 9.52. The van der Waals surface area contributed by atoms with E-state index >= 15 is 0 Å². The quantitative estimate of drug-likeness (QED) is 0.528. The highest BCUT2D eigenvalue weighted by Gasteiger charge is 2.42. The molecule has 2 aromatic rings. The number of urea groups is 1. The zero-order valence-electron chi connectivity index (χ0n) is 16.7. The van der Waals surface area contributed by atoms with E-state index in [-0.39, 0.29) is 11.8 Å². The van der Waals surface area contributed by atoms with Gasteiger partial charge in [-0.3, -0.25) is 19.8 Å². The molecule has 0 aliphatic carbocycles. The molecule has 0 bridgehead atoms. The Hall–Kier alpha value is -2.36. The van der Waals surface area contributed by atoms with Gasteiger partial charge in [0.25, 0.3) is 11.8 Å². The number of piperazine rings is 1. The molecular weight excluding hydrogens is 420 g/mol. The van der Waals surface area contributed by atoms with Crippen LogP contribution in [-0.2, 0) is 11.3 Å². The van der Waals surface area contributed by atoms with E-state index in [1.54, 1.807) is 18.3 Å². The molecule has 0 spiro atoms. The van der Waals surface area contributed by atoms with Crippen LogP contribution in [0.15, 0.2) is 46.0 Å². The molecule has 2 aliphatic rings. The molecule has 7 nitrogen and oxygen atoms in total. The van der Waals surface area contributed by atoms with Crippen molar-refractivity contribution in [1.82, 2.24) is 20.4 Å². The summed E-state index contributed by atoms with van der Waals surface area (Å²) in [6.45, 7) is 5.69. The van der Waals surface area contributed by atoms with Crippen LogP contribution in [0.25, 0.3) is 0 Å². The van der Waals surface area contributed by atoms with Gasteiger partial charge < -0.3 is 10.2 Å². The van der Waals surface area contributed by atoms with Crippen LogP contribution < -0.4 is 10.6 Å². The van der Waals surface area contributed by atoms with Gasteiger partial charge in [-0.15, -0.1) is 11.8 Å². The zero-order valence-corrected chi connectivity index (χ0v) is 18.4. The Morgan fingerprint density at radius 1 is 1.17 bits per heavy atom. The Bertz CT molecular complexity index is 941. The van der Waals surface area contributed by atoms with E-state index in [0.29, 0.717) is 24.4 Å². The van der Waals surface area contributed by atoms with Crippen molar-refractivity contribution in [2.45, 2.75) is 23.9 Å². The molecule has 2 fully saturated rings. The van der Waals surface area contributed by atoms with Crippen molar-refractivity contribution < 1.29 is 14.4 Å². The van der Waals surface area contributed by atoms with Crippen LogP contribution in [0.3, 0.4) is 0 Å². The number of nitrogens with one attached hydrogen (secondary N) is 2. The maximum Gasteiger partial charge on any atom is 0.322 e. The summed E-state index contributed by atoms with van der Waals surface area (Å²) in [6.07, 6.45) is 0. The summed E-state index contributed by atoms with van der Waals surface area (Å²) >= 11 is 3.12. The predicted octanol–water partition coefficient (Wildman–Crippen LogP) is 2.40. The lowest BCUT2D eigenvalue weighted by molar-refractivity contribution is -0.122. The van der Waals surface area contributed by atoms with E-state index in [0.717, 1.165) is 24.5 Å². The van der Waals surface area contributed by atoms with Crippen LogP contribution in [0.2, 0.25) is 0 Å². The maximum absolute atomic E-state index is 13.2. The fourth-order valence-corrected chi connectivity index (χ4v) is 5.39. The molecule has 0 saturated carbocycles. The van der Waals surface area contributed by atoms with Crippen molar-refractivity contribution in [3.8, 4) is 0 Å². The van der Waals surface area contributed by atoms with Crippen LogP contribution >= 0.6 is 23.1 Å². The fraction of sp³-hybridized carbons (Fsp3) is 0.381. The molecule has 1 aromatic carbocycles. The molecule has 1 aromatic heterocycles. The molecule has 9 heteroatoms. The average molecular weight is 445 g/mol. The number of carbonyl (C=O) groups excluding carboxylic acids is 3. The number of hydrogen-bond donors (Lipinski definition) is 2. The summed E-state index contributed by atoms with van der Waals surface area (Å²) in [5.74, 6) is 0.0208. The first kappa shape index (κ1) is 20.9. The van der Waals surface area contributed by atoms with Crippen LogP contribution in [0.4, 0.5) is 4.79 Å². The third kappa shape index (κ3) is 4.53. The third-order valence-corrected chi connectivity index (χ3v) is 7.52. The highest BCUT2D eigenvalue weighted by atomic mass is 32.2. The van der Waals surface area contributed by atoms with Gasteiger partial charge in [0.05, 0.1) is 5.56 Å². The van der Waals surface area contributed by atoms with E-state index in [9.17, 15) is 14.4 Å². The number of carbonyl (C=O) groups is 3. The van der Waals surface area contributed by atoms with Crippen LogP contribution in [0.5, 0.6) is 0 Å². The summed E-state index contributed by atoms with van der Waals surface area (Å²) in [5.41, 5.74) is 0.978. The SMILES string of the molecule is C[C@]1(CSc2ccccc2C(=O)N2CCN(Cc3ccsc3)CC2)NC(=O)NC1=O. The van der Waals surface area contributed by atoms with Gasteiger partial charge >= 0.3 is 6.03 Å². The Labute approximate surface area is 183 Å². The molecule has 2 saturated heterocycles. The average Bonchev–Trinajstić information content (AvgIpc) is 3.34. The lowest BCUT2D eigenvalue weighted by atomic mass is 10.1. The van der Waals surface area contributed by atoms with E-state index < -0.39 is 11.6 Å². The minimum Gasteiger partial charge on any atom is -0.336 e. The van der Waals surface area contributed by atoms with Gasteiger partial charge in [-0.2, -0.15) is 11.3 Å². The van der Waals surface area contributed by atoms with Crippen LogP contribution in [0.1, 0.15) is 22.8 Å². The number of hydrogen-bond acceptors (Lipinski definition) is 6. The van der Waals surface area contributed by atoms with Gasteiger partial charge in [-0.1, -0.05) is 12.1 Å². The number of thiophene rings is 1. The van der Waals surface area contributed by atoms with Crippen molar-refractivity contribution in [2.75, 3.05) is 31.9 Å². The van der Waals surface area contributed by atoms with Crippen molar-refractivity contribution in [2.24, 2.45) is 0 Å². The molecule has 0 radical (unpaired) electrons. The minimum absolute atomic E-state index is 0.0124. The Morgan fingerprint density at radius 2 is 1.93 bits per heavy atom. The van der Waals surface area contributed by atoms with Gasteiger partial charge in [-0.25, -0.2) is 4.79 Å². The van der Waals surface area contributed by atoms with E-state index in [1.807, 2.05) is 29.2 Å². The lowest BCUT2D eigenvalue weighted by Gasteiger charge is -2.35. The van der Waals surface area contributed by atoms with Crippen molar-refractivity contribution in [3.05, 3.63) is 52.2 Å². The molecule has 0 unspecified atom stereocenters. The predicted molar refractivity (Wildman–Crippen MR) is 118 cm³/mol. The van der Waals surface area contributed by atoms with Crippen LogP contribution in [-0.4, -0.2) is 65.1 Å². The van der Waals surface area contributed by atoms with E-state index in [4.69, 9.17) is 0 Å². The normalized spacial score (nSPS) is 22.1. The Morgan fingerprint density at radius 3 is 2.60 bits per heavy atom. The van der Waals surface area contributed by atoms with Gasteiger partial charge in [0.15, 0.2) is 0 Å². The number of amides is 4. The monoisotopic (exact) mass is 444 g/mol. The zero-order chi connectivity index (χ0) is 21.1. The first-order valence-corrected chi connectivity index (χ1v) is 11.8. The summed E-state index contributed by atoms with van der Waals surface area (Å²) < 4.78 is 0. The van der Waals surface area contributed by atoms with Crippen LogP contribution in [0, 0.1) is 0 Å². The van der Waals surface area contributed by atoms with Gasteiger partial charge in [0.2, 0.25) is 0 Å². The second kappa shape index (κ2) is 8.79. The van der Waals surface area contributed by atoms with Gasteiger partial charge in [0, 0.05) is 43.4 Å². The number of imide groups is 1. The van der Waals surface area contributed by atoms with Gasteiger partial charge in [0.1, 0.15) is 5.54 Å². The second-order valence-electron chi connectivity index (χ2n) is 7.73. The summed E-state index contributed by atoms with van der Waals surface area (Å²) in [5, 5.41) is 9.19. The van der Waals surface area contributed by atoms with E-state index in [2.05, 4.69) is 32.4 Å². The highest BCUT2D eigenvalue weighted by molar-refractivity contribution is 7.99. The molecule has 30 heavy (non-hydrogen) atoms. The number of rotatable bonds is 6. The molecule has 3 heterocycles. The lowest BCUT2D eigenvalue weighted by Crippen LogP contribution is -2.48. The summed E-state index contributed by atoms with van der Waals surface area (Å²) in [4.78, 5) is 41.8. The molecule has 4 amide bonds. The molecule has 2 N–H and O–H groups in total.